The van der Waals surface area contributed by atoms with E-state index in [0.29, 0.717) is 34.4 Å². The predicted molar refractivity (Wildman–Crippen MR) is 154 cm³/mol. The van der Waals surface area contributed by atoms with Crippen LogP contribution < -0.4 is 20.5 Å². The Morgan fingerprint density at radius 3 is 2.50 bits per heavy atom. The zero-order valence-corrected chi connectivity index (χ0v) is 23.1. The van der Waals surface area contributed by atoms with Gasteiger partial charge in [-0.25, -0.2) is 9.88 Å². The minimum atomic E-state index is -1.26. The molecule has 1 aromatic heterocycles. The van der Waals surface area contributed by atoms with Gasteiger partial charge < -0.3 is 4.74 Å². The summed E-state index contributed by atoms with van der Waals surface area (Å²) in [4.78, 5) is 59.8. The van der Waals surface area contributed by atoms with Crippen LogP contribution in [0.15, 0.2) is 71.5 Å². The number of aromatic nitrogens is 2. The Morgan fingerprint density at radius 2 is 1.76 bits per heavy atom. The van der Waals surface area contributed by atoms with Crippen molar-refractivity contribution in [2.24, 2.45) is 17.8 Å². The molecule has 11 nitrogen and oxygen atoms in total. The van der Waals surface area contributed by atoms with Gasteiger partial charge >= 0.3 is 0 Å². The number of nitro groups is 1. The van der Waals surface area contributed by atoms with Crippen LogP contribution in [0.3, 0.4) is 0 Å². The van der Waals surface area contributed by atoms with Crippen LogP contribution in [0.5, 0.6) is 5.75 Å². The fourth-order valence-corrected chi connectivity index (χ4v) is 7.13. The molecule has 3 aromatic carbocycles. The molecule has 0 bridgehead atoms. The number of ether oxygens (including phenoxy) is 1. The topological polar surface area (TPSA) is 137 Å². The van der Waals surface area contributed by atoms with Crippen molar-refractivity contribution in [3.63, 3.8) is 0 Å². The molecule has 1 N–H and O–H groups in total. The standard InChI is InChI=1S/C31H27N5O6/c1-16(2)14-21-25-26(29(39)34(28(25)38)23-13-12-17(36(40)41)15-24(23)42-3)31(33-21)19-9-5-7-11-22(19)35-27(37)18-8-4-6-10-20(18)32-30(31)35/h4-13,15-16,21,25-26,33H,14H2,1-3H3/t21-,25-,26+,31+/m0/s1. The molecule has 3 aliphatic heterocycles. The van der Waals surface area contributed by atoms with Crippen LogP contribution in [0.4, 0.5) is 11.4 Å². The fraction of sp³-hybridized carbons (Fsp3) is 0.290. The molecular weight excluding hydrogens is 538 g/mol. The lowest BCUT2D eigenvalue weighted by Gasteiger charge is -2.32. The molecule has 4 heterocycles. The Balaban J connectivity index is 1.49. The highest BCUT2D eigenvalue weighted by Crippen LogP contribution is 2.56. The van der Waals surface area contributed by atoms with E-state index in [2.05, 4.69) is 5.32 Å². The van der Waals surface area contributed by atoms with Crippen LogP contribution in [-0.2, 0) is 15.1 Å². The Hall–Kier alpha value is -4.90. The van der Waals surface area contributed by atoms with Gasteiger partial charge in [-0.15, -0.1) is 0 Å². The number of carbonyl (C=O) groups excluding carboxylic acids is 2. The van der Waals surface area contributed by atoms with Gasteiger partial charge in [0.05, 0.1) is 52.2 Å². The van der Waals surface area contributed by atoms with Crippen molar-refractivity contribution in [1.29, 1.82) is 0 Å². The average molecular weight is 566 g/mol. The minimum Gasteiger partial charge on any atom is -0.494 e. The number of imide groups is 1. The number of nitrogens with zero attached hydrogens (tertiary/aromatic N) is 4. The first-order valence-corrected chi connectivity index (χ1v) is 13.8. The highest BCUT2D eigenvalue weighted by molar-refractivity contribution is 6.24. The summed E-state index contributed by atoms with van der Waals surface area (Å²) in [6.45, 7) is 4.10. The Morgan fingerprint density at radius 1 is 1.02 bits per heavy atom. The first-order valence-electron chi connectivity index (χ1n) is 13.8. The van der Waals surface area contributed by atoms with Gasteiger partial charge in [-0.3, -0.25) is 34.4 Å². The number of para-hydroxylation sites is 2. The number of fused-ring (bicyclic) bond motifs is 8. The van der Waals surface area contributed by atoms with Crippen LogP contribution in [0.1, 0.15) is 31.7 Å². The Kier molecular flexibility index (Phi) is 5.61. The normalized spacial score (nSPS) is 24.0. The Bertz CT molecular complexity index is 1900. The minimum absolute atomic E-state index is 0.0425. The molecule has 0 radical (unpaired) electrons. The van der Waals surface area contributed by atoms with Gasteiger partial charge in [0.25, 0.3) is 11.2 Å². The summed E-state index contributed by atoms with van der Waals surface area (Å²) in [5.41, 5.74) is 0.206. The van der Waals surface area contributed by atoms with Gasteiger partial charge in [0, 0.05) is 17.7 Å². The molecule has 0 unspecified atom stereocenters. The van der Waals surface area contributed by atoms with E-state index in [1.807, 2.05) is 38.1 Å². The van der Waals surface area contributed by atoms with E-state index >= 15 is 0 Å². The van der Waals surface area contributed by atoms with E-state index in [4.69, 9.17) is 9.72 Å². The van der Waals surface area contributed by atoms with Gasteiger partial charge in [0.1, 0.15) is 17.1 Å². The van der Waals surface area contributed by atoms with Crippen LogP contribution >= 0.6 is 0 Å². The third-order valence-electron chi connectivity index (χ3n) is 8.70. The molecule has 0 saturated carbocycles. The molecule has 3 aliphatic rings. The second-order valence-corrected chi connectivity index (χ2v) is 11.4. The van der Waals surface area contributed by atoms with Crippen molar-refractivity contribution in [2.75, 3.05) is 12.0 Å². The van der Waals surface area contributed by atoms with Crippen LogP contribution in [0, 0.1) is 27.9 Å². The van der Waals surface area contributed by atoms with Gasteiger partial charge in [-0.2, -0.15) is 0 Å². The maximum absolute atomic E-state index is 14.6. The maximum atomic E-state index is 14.6. The number of hydrogen-bond donors (Lipinski definition) is 1. The monoisotopic (exact) mass is 565 g/mol. The summed E-state index contributed by atoms with van der Waals surface area (Å²) < 4.78 is 6.99. The number of non-ortho nitro benzene ring substituents is 1. The molecule has 1 spiro atoms. The number of rotatable bonds is 5. The maximum Gasteiger partial charge on any atom is 0.273 e. The van der Waals surface area contributed by atoms with Gasteiger partial charge in [0.2, 0.25) is 11.8 Å². The van der Waals surface area contributed by atoms with Crippen LogP contribution in [-0.4, -0.2) is 39.4 Å². The summed E-state index contributed by atoms with van der Waals surface area (Å²) in [7, 11) is 1.34. The van der Waals surface area contributed by atoms with Crippen LogP contribution in [0.2, 0.25) is 0 Å². The van der Waals surface area contributed by atoms with E-state index in [-0.39, 0.29) is 28.6 Å². The van der Waals surface area contributed by atoms with Crippen molar-refractivity contribution >= 4 is 34.1 Å². The molecule has 212 valence electrons. The molecule has 2 saturated heterocycles. The molecule has 0 aliphatic carbocycles. The Labute approximate surface area is 239 Å². The number of methoxy groups -OCH3 is 1. The number of carbonyl (C=O) groups is 2. The van der Waals surface area contributed by atoms with E-state index in [0.717, 1.165) is 4.90 Å². The summed E-state index contributed by atoms with van der Waals surface area (Å²) >= 11 is 0. The van der Waals surface area contributed by atoms with E-state index in [9.17, 15) is 24.5 Å². The van der Waals surface area contributed by atoms with E-state index in [1.54, 1.807) is 28.8 Å². The molecule has 4 atom stereocenters. The predicted octanol–water partition coefficient (Wildman–Crippen LogP) is 3.68. The highest BCUT2D eigenvalue weighted by atomic mass is 16.6. The summed E-state index contributed by atoms with van der Waals surface area (Å²) in [6.07, 6.45) is 0.590. The quantitative estimate of drug-likeness (QED) is 0.220. The van der Waals surface area contributed by atoms with E-state index < -0.39 is 40.2 Å². The summed E-state index contributed by atoms with van der Waals surface area (Å²) in [5.74, 6) is -2.02. The van der Waals surface area contributed by atoms with Crippen molar-refractivity contribution in [3.05, 3.63) is 98.6 Å². The van der Waals surface area contributed by atoms with Crippen molar-refractivity contribution in [1.82, 2.24) is 14.9 Å². The number of nitro benzene ring substituents is 1. The van der Waals surface area contributed by atoms with Crippen LogP contribution in [0.25, 0.3) is 16.6 Å². The number of nitrogens with one attached hydrogen (secondary N) is 1. The van der Waals surface area contributed by atoms with Crippen molar-refractivity contribution in [3.8, 4) is 11.4 Å². The number of hydrogen-bond acceptors (Lipinski definition) is 8. The average Bonchev–Trinajstić information content (AvgIpc) is 3.55. The number of amides is 2. The van der Waals surface area contributed by atoms with Gasteiger partial charge in [0.15, 0.2) is 0 Å². The second kappa shape index (κ2) is 9.05. The first kappa shape index (κ1) is 26.0. The molecule has 42 heavy (non-hydrogen) atoms. The summed E-state index contributed by atoms with van der Waals surface area (Å²) in [5, 5.41) is 15.5. The third kappa shape index (κ3) is 3.31. The zero-order valence-electron chi connectivity index (χ0n) is 23.1. The SMILES string of the molecule is COc1cc([N+](=O)[O-])ccc1N1C(=O)[C@H]2[C@H](CC(C)C)N[C@]3(c4ccccc4-n4c3nc3ccccc3c4=O)[C@H]2C1=O. The van der Waals surface area contributed by atoms with Crippen molar-refractivity contribution in [2.45, 2.75) is 31.8 Å². The highest BCUT2D eigenvalue weighted by Gasteiger charge is 2.70. The lowest BCUT2D eigenvalue weighted by atomic mass is 9.75. The largest absolute Gasteiger partial charge is 0.494 e. The molecule has 2 amide bonds. The lowest BCUT2D eigenvalue weighted by molar-refractivity contribution is -0.384. The smallest absolute Gasteiger partial charge is 0.273 e. The zero-order chi connectivity index (χ0) is 29.5. The lowest BCUT2D eigenvalue weighted by Crippen LogP contribution is -2.50. The van der Waals surface area contributed by atoms with E-state index in [1.165, 1.54) is 25.3 Å². The van der Waals surface area contributed by atoms with Gasteiger partial charge in [-0.1, -0.05) is 44.2 Å². The third-order valence-corrected chi connectivity index (χ3v) is 8.70. The fourth-order valence-electron chi connectivity index (χ4n) is 7.13. The molecule has 4 aromatic rings. The molecular formula is C31H27N5O6. The molecule has 11 heteroatoms. The van der Waals surface area contributed by atoms with Crippen molar-refractivity contribution < 1.29 is 19.2 Å². The van der Waals surface area contributed by atoms with Gasteiger partial charge in [-0.05, 0) is 36.6 Å². The second-order valence-electron chi connectivity index (χ2n) is 11.4. The number of benzene rings is 3. The molecule has 2 fully saturated rings. The number of anilines is 1. The first-order chi connectivity index (χ1) is 20.2. The molecule has 7 rings (SSSR count). The summed E-state index contributed by atoms with van der Waals surface area (Å²) in [6, 6.07) is 17.9.